The van der Waals surface area contributed by atoms with Gasteiger partial charge < -0.3 is 15.4 Å². The van der Waals surface area contributed by atoms with Crippen LogP contribution in [0.15, 0.2) is 42.5 Å². The molecule has 4 nitrogen and oxygen atoms in total. The van der Waals surface area contributed by atoms with Crippen LogP contribution in [-0.4, -0.2) is 12.5 Å². The summed E-state index contributed by atoms with van der Waals surface area (Å²) in [6.45, 7) is 3.12. The van der Waals surface area contributed by atoms with Crippen LogP contribution in [0.5, 0.6) is 0 Å². The molecule has 2 heterocycles. The molecule has 132 valence electrons. The zero-order valence-corrected chi connectivity index (χ0v) is 14.9. The Morgan fingerprint density at radius 3 is 2.88 bits per heavy atom. The molecule has 2 aromatic carbocycles. The van der Waals surface area contributed by atoms with E-state index in [4.69, 9.17) is 4.74 Å². The molecule has 25 heavy (non-hydrogen) atoms. The van der Waals surface area contributed by atoms with Gasteiger partial charge in [-0.25, -0.2) is 0 Å². The third-order valence-corrected chi connectivity index (χ3v) is 4.85. The maximum Gasteiger partial charge on any atom is 0.223 e. The molecule has 4 rings (SSSR count). The maximum absolute atomic E-state index is 12.3. The van der Waals surface area contributed by atoms with Crippen molar-refractivity contribution in [2.75, 3.05) is 6.61 Å². The number of fused-ring (bicyclic) bond motifs is 2. The first kappa shape index (κ1) is 17.9. The summed E-state index contributed by atoms with van der Waals surface area (Å²) in [5.41, 5.74) is 6.30. The highest BCUT2D eigenvalue weighted by molar-refractivity contribution is 5.85. The highest BCUT2D eigenvalue weighted by Gasteiger charge is 2.23. The number of carbonyl (C=O) groups excluding carboxylic acids is 1. The minimum Gasteiger partial charge on any atom is -0.373 e. The molecule has 0 bridgehead atoms. The Morgan fingerprint density at radius 1 is 1.12 bits per heavy atom. The SMILES string of the molecule is Cl.O=C(CC1OCCc2ccccc21)NCc1ccc2c(c1)CNC2. The monoisotopic (exact) mass is 358 g/mol. The molecule has 1 amide bonds. The number of rotatable bonds is 4. The highest BCUT2D eigenvalue weighted by atomic mass is 35.5. The molecular formula is C20H23ClN2O2. The Labute approximate surface area is 154 Å². The van der Waals surface area contributed by atoms with Crippen molar-refractivity contribution in [1.82, 2.24) is 10.6 Å². The molecule has 0 saturated carbocycles. The molecule has 2 aliphatic heterocycles. The Balaban J connectivity index is 0.00000182. The number of benzene rings is 2. The number of amides is 1. The lowest BCUT2D eigenvalue weighted by molar-refractivity contribution is -0.124. The van der Waals surface area contributed by atoms with Crippen LogP contribution in [0.25, 0.3) is 0 Å². The normalized spacial score (nSPS) is 18.0. The van der Waals surface area contributed by atoms with Gasteiger partial charge in [0.15, 0.2) is 0 Å². The summed E-state index contributed by atoms with van der Waals surface area (Å²) in [5.74, 6) is 0.0373. The van der Waals surface area contributed by atoms with E-state index in [1.165, 1.54) is 16.7 Å². The molecule has 0 radical (unpaired) electrons. The van der Waals surface area contributed by atoms with E-state index in [0.717, 1.165) is 30.6 Å². The van der Waals surface area contributed by atoms with E-state index in [1.807, 2.05) is 12.1 Å². The Bertz CT molecular complexity index is 763. The first-order chi connectivity index (χ1) is 11.8. The summed E-state index contributed by atoms with van der Waals surface area (Å²) in [5, 5.41) is 6.37. The molecule has 1 atom stereocenters. The van der Waals surface area contributed by atoms with Crippen LogP contribution in [0.2, 0.25) is 0 Å². The summed E-state index contributed by atoms with van der Waals surface area (Å²) in [6.07, 6.45) is 1.18. The van der Waals surface area contributed by atoms with Crippen molar-refractivity contribution < 1.29 is 9.53 Å². The van der Waals surface area contributed by atoms with Crippen LogP contribution in [0, 0.1) is 0 Å². The minimum absolute atomic E-state index is 0. The van der Waals surface area contributed by atoms with E-state index in [2.05, 4.69) is 41.0 Å². The lowest BCUT2D eigenvalue weighted by atomic mass is 9.95. The zero-order chi connectivity index (χ0) is 16.4. The van der Waals surface area contributed by atoms with Crippen LogP contribution in [-0.2, 0) is 35.6 Å². The third kappa shape index (κ3) is 4.03. The van der Waals surface area contributed by atoms with Crippen LogP contribution in [0.1, 0.15) is 40.3 Å². The summed E-state index contributed by atoms with van der Waals surface area (Å²) in [7, 11) is 0. The average Bonchev–Trinajstić information content (AvgIpc) is 3.08. The number of carbonyl (C=O) groups is 1. The topological polar surface area (TPSA) is 50.4 Å². The van der Waals surface area contributed by atoms with Gasteiger partial charge in [-0.2, -0.15) is 0 Å². The van der Waals surface area contributed by atoms with Crippen LogP contribution in [0.3, 0.4) is 0 Å². The number of hydrogen-bond donors (Lipinski definition) is 2. The van der Waals surface area contributed by atoms with E-state index in [0.29, 0.717) is 19.6 Å². The predicted octanol–water partition coefficient (Wildman–Crippen LogP) is 3.03. The fourth-order valence-electron chi connectivity index (χ4n) is 3.55. The van der Waals surface area contributed by atoms with Crippen molar-refractivity contribution in [2.45, 2.75) is 38.6 Å². The van der Waals surface area contributed by atoms with Crippen molar-refractivity contribution in [1.29, 1.82) is 0 Å². The summed E-state index contributed by atoms with van der Waals surface area (Å²) in [6, 6.07) is 14.7. The largest absolute Gasteiger partial charge is 0.373 e. The van der Waals surface area contributed by atoms with Crippen LogP contribution < -0.4 is 10.6 Å². The smallest absolute Gasteiger partial charge is 0.223 e. The van der Waals surface area contributed by atoms with Gasteiger partial charge in [0.1, 0.15) is 0 Å². The van der Waals surface area contributed by atoms with Crippen molar-refractivity contribution in [3.63, 3.8) is 0 Å². The Hall–Kier alpha value is -1.88. The van der Waals surface area contributed by atoms with E-state index in [9.17, 15) is 4.79 Å². The van der Waals surface area contributed by atoms with E-state index in [-0.39, 0.29) is 24.4 Å². The Morgan fingerprint density at radius 2 is 1.96 bits per heavy atom. The van der Waals surface area contributed by atoms with Gasteiger partial charge in [0.05, 0.1) is 19.1 Å². The van der Waals surface area contributed by atoms with Crippen molar-refractivity contribution in [3.05, 3.63) is 70.3 Å². The van der Waals surface area contributed by atoms with E-state index in [1.54, 1.807) is 0 Å². The molecule has 1 unspecified atom stereocenters. The van der Waals surface area contributed by atoms with Gasteiger partial charge in [-0.05, 0) is 34.2 Å². The summed E-state index contributed by atoms with van der Waals surface area (Å²) >= 11 is 0. The van der Waals surface area contributed by atoms with E-state index < -0.39 is 0 Å². The molecule has 0 spiro atoms. The molecule has 0 aliphatic carbocycles. The number of nitrogens with one attached hydrogen (secondary N) is 2. The second-order valence-electron chi connectivity index (χ2n) is 6.50. The van der Waals surface area contributed by atoms with Crippen LogP contribution in [0.4, 0.5) is 0 Å². The fourth-order valence-corrected chi connectivity index (χ4v) is 3.55. The highest BCUT2D eigenvalue weighted by Crippen LogP contribution is 2.29. The molecule has 2 aromatic rings. The molecule has 0 saturated heterocycles. The molecule has 2 aliphatic rings. The van der Waals surface area contributed by atoms with Gasteiger partial charge in [0, 0.05) is 19.6 Å². The first-order valence-electron chi connectivity index (χ1n) is 8.57. The molecular weight excluding hydrogens is 336 g/mol. The molecule has 0 aromatic heterocycles. The quantitative estimate of drug-likeness (QED) is 0.883. The van der Waals surface area contributed by atoms with E-state index >= 15 is 0 Å². The van der Waals surface area contributed by atoms with Crippen molar-refractivity contribution >= 4 is 18.3 Å². The lowest BCUT2D eigenvalue weighted by Gasteiger charge is -2.25. The maximum atomic E-state index is 12.3. The Kier molecular flexibility index (Phi) is 5.74. The fraction of sp³-hybridized carbons (Fsp3) is 0.350. The second-order valence-corrected chi connectivity index (χ2v) is 6.50. The number of halogens is 1. The zero-order valence-electron chi connectivity index (χ0n) is 14.1. The summed E-state index contributed by atoms with van der Waals surface area (Å²) < 4.78 is 5.82. The third-order valence-electron chi connectivity index (χ3n) is 4.85. The van der Waals surface area contributed by atoms with Gasteiger partial charge in [0.2, 0.25) is 5.91 Å². The summed E-state index contributed by atoms with van der Waals surface area (Å²) in [4.78, 5) is 12.3. The second kappa shape index (κ2) is 8.00. The molecule has 2 N–H and O–H groups in total. The number of hydrogen-bond acceptors (Lipinski definition) is 3. The van der Waals surface area contributed by atoms with Gasteiger partial charge in [0.25, 0.3) is 0 Å². The van der Waals surface area contributed by atoms with Crippen molar-refractivity contribution in [3.8, 4) is 0 Å². The average molecular weight is 359 g/mol. The minimum atomic E-state index is -0.126. The first-order valence-corrected chi connectivity index (χ1v) is 8.57. The lowest BCUT2D eigenvalue weighted by Crippen LogP contribution is -2.27. The van der Waals surface area contributed by atoms with Gasteiger partial charge in [-0.3, -0.25) is 4.79 Å². The molecule has 0 fully saturated rings. The molecule has 5 heteroatoms. The van der Waals surface area contributed by atoms with Gasteiger partial charge >= 0.3 is 0 Å². The van der Waals surface area contributed by atoms with Gasteiger partial charge in [-0.15, -0.1) is 12.4 Å². The predicted molar refractivity (Wildman–Crippen MR) is 99.5 cm³/mol. The number of ether oxygens (including phenoxy) is 1. The van der Waals surface area contributed by atoms with Crippen LogP contribution >= 0.6 is 12.4 Å². The standard InChI is InChI=1S/C20H22N2O2.ClH/c23-20(10-19-18-4-2-1-3-15(18)7-8-24-19)22-11-14-5-6-16-12-21-13-17(16)9-14;/h1-6,9,19,21H,7-8,10-13H2,(H,22,23);1H. The van der Waals surface area contributed by atoms with Gasteiger partial charge in [-0.1, -0.05) is 42.5 Å². The van der Waals surface area contributed by atoms with Crippen molar-refractivity contribution in [2.24, 2.45) is 0 Å².